The van der Waals surface area contributed by atoms with Crippen LogP contribution >= 0.6 is 0 Å². The zero-order valence-electron chi connectivity index (χ0n) is 16.9. The molecular weight excluding hydrogens is 312 g/mol. The summed E-state index contributed by atoms with van der Waals surface area (Å²) >= 11 is 0. The number of rotatable bonds is 6. The maximum atomic E-state index is 4.06. The van der Waals surface area contributed by atoms with Gasteiger partial charge in [0.05, 0.1) is 0 Å². The van der Waals surface area contributed by atoms with Gasteiger partial charge in [0.25, 0.3) is 0 Å². The Balaban J connectivity index is 1.49. The van der Waals surface area contributed by atoms with E-state index < -0.39 is 0 Å². The minimum Gasteiger partial charge on any atom is -0.106 e. The van der Waals surface area contributed by atoms with E-state index in [2.05, 4.69) is 49.6 Å². The largest absolute Gasteiger partial charge is 0.106 e. The van der Waals surface area contributed by atoms with E-state index >= 15 is 0 Å². The molecule has 1 aromatic carbocycles. The summed E-state index contributed by atoms with van der Waals surface area (Å²) < 4.78 is 0. The molecule has 0 heterocycles. The predicted molar refractivity (Wildman–Crippen MR) is 113 cm³/mol. The van der Waals surface area contributed by atoms with Crippen molar-refractivity contribution in [1.29, 1.82) is 0 Å². The Morgan fingerprint density at radius 3 is 2.35 bits per heavy atom. The van der Waals surface area contributed by atoms with Gasteiger partial charge in [-0.25, -0.2) is 0 Å². The fourth-order valence-electron chi connectivity index (χ4n) is 5.27. The molecule has 0 saturated heterocycles. The molecule has 3 rings (SSSR count). The minimum absolute atomic E-state index is 0.299. The Morgan fingerprint density at radius 2 is 1.77 bits per heavy atom. The smallest absolute Gasteiger partial charge is 0.0489 e. The molecular formula is C26H36. The van der Waals surface area contributed by atoms with E-state index in [1.54, 1.807) is 0 Å². The third kappa shape index (κ3) is 5.03. The molecule has 1 unspecified atom stereocenters. The zero-order valence-corrected chi connectivity index (χ0v) is 16.9. The lowest BCUT2D eigenvalue weighted by Gasteiger charge is -2.37. The van der Waals surface area contributed by atoms with Crippen LogP contribution < -0.4 is 0 Å². The Labute approximate surface area is 161 Å². The molecule has 0 nitrogen and oxygen atoms in total. The van der Waals surface area contributed by atoms with E-state index in [9.17, 15) is 0 Å². The summed E-state index contributed by atoms with van der Waals surface area (Å²) in [4.78, 5) is 0. The summed E-state index contributed by atoms with van der Waals surface area (Å²) in [6.07, 6.45) is 15.6. The topological polar surface area (TPSA) is 0 Å². The highest BCUT2D eigenvalue weighted by atomic mass is 14.4. The molecule has 2 aliphatic rings. The fraction of sp³-hybridized carbons (Fsp3) is 0.615. The molecule has 2 saturated carbocycles. The van der Waals surface area contributed by atoms with Crippen LogP contribution in [0, 0.1) is 23.2 Å². The van der Waals surface area contributed by atoms with E-state index in [0.29, 0.717) is 5.92 Å². The van der Waals surface area contributed by atoms with Gasteiger partial charge in [-0.15, -0.1) is 12.5 Å². The maximum Gasteiger partial charge on any atom is 0.0489 e. The van der Waals surface area contributed by atoms with Crippen LogP contribution in [-0.4, -0.2) is 0 Å². The third-order valence-electron chi connectivity index (χ3n) is 6.92. The molecule has 0 heteroatoms. The van der Waals surface area contributed by atoms with Gasteiger partial charge in [-0.3, -0.25) is 0 Å². The first-order valence-corrected chi connectivity index (χ1v) is 10.8. The monoisotopic (exact) mass is 348 g/mol. The molecule has 0 bridgehead atoms. The average Bonchev–Trinajstić information content (AvgIpc) is 3.09. The van der Waals surface area contributed by atoms with Crippen molar-refractivity contribution in [2.24, 2.45) is 11.3 Å². The van der Waals surface area contributed by atoms with Gasteiger partial charge in [-0.1, -0.05) is 48.6 Å². The molecule has 0 aliphatic heterocycles. The number of benzene rings is 1. The highest BCUT2D eigenvalue weighted by molar-refractivity contribution is 5.32. The van der Waals surface area contributed by atoms with Crippen molar-refractivity contribution < 1.29 is 0 Å². The molecule has 2 fully saturated rings. The second kappa shape index (κ2) is 8.94. The first-order chi connectivity index (χ1) is 12.6. The van der Waals surface area contributed by atoms with Crippen LogP contribution in [0.3, 0.4) is 0 Å². The molecule has 1 aromatic rings. The van der Waals surface area contributed by atoms with Gasteiger partial charge in [0.1, 0.15) is 0 Å². The molecule has 0 amide bonds. The van der Waals surface area contributed by atoms with E-state index in [-0.39, 0.29) is 0 Å². The number of hydrogen-bond acceptors (Lipinski definition) is 0. The van der Waals surface area contributed by atoms with E-state index in [1.165, 1.54) is 80.9 Å². The van der Waals surface area contributed by atoms with Gasteiger partial charge < -0.3 is 0 Å². The zero-order chi connectivity index (χ0) is 18.4. The van der Waals surface area contributed by atoms with Crippen LogP contribution in [0.4, 0.5) is 0 Å². The van der Waals surface area contributed by atoms with E-state index in [0.717, 1.165) is 17.8 Å². The summed E-state index contributed by atoms with van der Waals surface area (Å²) in [5.74, 6) is 7.69. The quantitative estimate of drug-likeness (QED) is 0.370. The van der Waals surface area contributed by atoms with Crippen molar-refractivity contribution in [3.05, 3.63) is 47.5 Å². The Kier molecular flexibility index (Phi) is 6.63. The highest BCUT2D eigenvalue weighted by Crippen LogP contribution is 2.50. The predicted octanol–water partition coefficient (Wildman–Crippen LogP) is 7.44. The fourth-order valence-corrected chi connectivity index (χ4v) is 5.27. The van der Waals surface area contributed by atoms with Gasteiger partial charge in [0.2, 0.25) is 0 Å². The molecule has 140 valence electrons. The molecule has 1 atom stereocenters. The standard InChI is InChI=1S/C26H36/c1-4-7-25(20-21(2)3)24-12-10-22(11-13-24)8-9-23-14-18-26(19-15-23)16-5-6-17-26/h10-13,23,25H,2,5-6,8-9,14-20H2,1,3H3. The molecule has 1 spiro atoms. The van der Waals surface area contributed by atoms with E-state index in [1.807, 2.05) is 6.92 Å². The van der Waals surface area contributed by atoms with Crippen molar-refractivity contribution in [3.8, 4) is 11.8 Å². The van der Waals surface area contributed by atoms with Crippen LogP contribution in [0.1, 0.15) is 95.1 Å². The first-order valence-electron chi connectivity index (χ1n) is 10.8. The van der Waals surface area contributed by atoms with Crippen LogP contribution in [0.25, 0.3) is 0 Å². The van der Waals surface area contributed by atoms with Crippen molar-refractivity contribution in [3.63, 3.8) is 0 Å². The summed E-state index contributed by atoms with van der Waals surface area (Å²) in [6.45, 7) is 8.09. The lowest BCUT2D eigenvalue weighted by molar-refractivity contribution is 0.150. The number of hydrogen-bond donors (Lipinski definition) is 0. The van der Waals surface area contributed by atoms with E-state index in [4.69, 9.17) is 0 Å². The Hall–Kier alpha value is -1.48. The van der Waals surface area contributed by atoms with Gasteiger partial charge in [-0.05, 0) is 94.1 Å². The summed E-state index contributed by atoms with van der Waals surface area (Å²) in [5.41, 5.74) is 4.82. The van der Waals surface area contributed by atoms with Crippen molar-refractivity contribution >= 4 is 0 Å². The summed E-state index contributed by atoms with van der Waals surface area (Å²) in [7, 11) is 0. The number of aryl methyl sites for hydroxylation is 1. The molecule has 2 aliphatic carbocycles. The van der Waals surface area contributed by atoms with Crippen LogP contribution in [0.5, 0.6) is 0 Å². The summed E-state index contributed by atoms with van der Waals surface area (Å²) in [6, 6.07) is 9.25. The van der Waals surface area contributed by atoms with Crippen LogP contribution in [0.15, 0.2) is 36.4 Å². The van der Waals surface area contributed by atoms with Crippen LogP contribution in [-0.2, 0) is 6.42 Å². The lowest BCUT2D eigenvalue weighted by atomic mass is 9.68. The third-order valence-corrected chi connectivity index (χ3v) is 6.92. The second-order valence-corrected chi connectivity index (χ2v) is 9.04. The summed E-state index contributed by atoms with van der Waals surface area (Å²) in [5, 5.41) is 0. The van der Waals surface area contributed by atoms with Gasteiger partial charge in [0, 0.05) is 5.92 Å². The molecule has 0 aromatic heterocycles. The normalized spacial score (nSPS) is 20.5. The first kappa shape index (κ1) is 19.3. The molecule has 0 radical (unpaired) electrons. The molecule has 26 heavy (non-hydrogen) atoms. The van der Waals surface area contributed by atoms with Gasteiger partial charge in [-0.2, -0.15) is 0 Å². The lowest BCUT2D eigenvalue weighted by Crippen LogP contribution is -2.24. The molecule has 0 N–H and O–H groups in total. The maximum absolute atomic E-state index is 4.06. The average molecular weight is 349 g/mol. The second-order valence-electron chi connectivity index (χ2n) is 9.04. The number of allylic oxidation sites excluding steroid dienone is 1. The Bertz CT molecular complexity index is 636. The Morgan fingerprint density at radius 1 is 1.12 bits per heavy atom. The van der Waals surface area contributed by atoms with Crippen molar-refractivity contribution in [1.82, 2.24) is 0 Å². The highest BCUT2D eigenvalue weighted by Gasteiger charge is 2.37. The SMILES string of the molecule is C=C(C)CC(C#CC)c1ccc(CCC2CCC3(CCCC3)CC2)cc1. The van der Waals surface area contributed by atoms with Crippen molar-refractivity contribution in [2.75, 3.05) is 0 Å². The van der Waals surface area contributed by atoms with Gasteiger partial charge in [0.15, 0.2) is 0 Å². The van der Waals surface area contributed by atoms with Crippen LogP contribution in [0.2, 0.25) is 0 Å². The van der Waals surface area contributed by atoms with Gasteiger partial charge >= 0.3 is 0 Å². The minimum atomic E-state index is 0.299. The van der Waals surface area contributed by atoms with Crippen molar-refractivity contribution in [2.45, 2.75) is 90.4 Å².